The van der Waals surface area contributed by atoms with Crippen LogP contribution in [0.15, 0.2) is 22.7 Å². The fraction of sp³-hybridized carbons (Fsp3) is 0.556. The fourth-order valence-electron chi connectivity index (χ4n) is 2.75. The number of amides is 2. The molecule has 1 heterocycles. The summed E-state index contributed by atoms with van der Waals surface area (Å²) in [5.74, 6) is -0.537. The highest BCUT2D eigenvalue weighted by Crippen LogP contribution is 2.18. The van der Waals surface area contributed by atoms with E-state index in [4.69, 9.17) is 4.74 Å². The van der Waals surface area contributed by atoms with Gasteiger partial charge in [0.15, 0.2) is 0 Å². The van der Waals surface area contributed by atoms with Crippen molar-refractivity contribution in [2.75, 3.05) is 13.1 Å². The normalized spacial score (nSPS) is 18.0. The molecule has 0 aliphatic carbocycles. The van der Waals surface area contributed by atoms with Gasteiger partial charge >= 0.3 is 6.09 Å². The largest absolute Gasteiger partial charge is 0.444 e. The molecular formula is C18H24BrFN2O3. The van der Waals surface area contributed by atoms with Crippen molar-refractivity contribution < 1.29 is 18.7 Å². The van der Waals surface area contributed by atoms with Gasteiger partial charge in [0.1, 0.15) is 11.4 Å². The van der Waals surface area contributed by atoms with Crippen molar-refractivity contribution in [3.05, 3.63) is 34.1 Å². The molecule has 1 fully saturated rings. The van der Waals surface area contributed by atoms with Gasteiger partial charge in [-0.05, 0) is 57.4 Å². The number of carbonyl (C=O) groups is 2. The molecule has 7 heteroatoms. The van der Waals surface area contributed by atoms with Crippen LogP contribution in [-0.4, -0.2) is 41.6 Å². The van der Waals surface area contributed by atoms with E-state index in [1.165, 1.54) is 6.07 Å². The fourth-order valence-corrected chi connectivity index (χ4v) is 3.16. The third kappa shape index (κ3) is 6.30. The Morgan fingerprint density at radius 1 is 1.40 bits per heavy atom. The van der Waals surface area contributed by atoms with Crippen LogP contribution in [0.3, 0.4) is 0 Å². The Hall–Kier alpha value is -1.63. The number of hydrogen-bond acceptors (Lipinski definition) is 3. The average Bonchev–Trinajstić information content (AvgIpc) is 2.49. The number of piperidine rings is 1. The lowest BCUT2D eigenvalue weighted by atomic mass is 10.0. The Morgan fingerprint density at radius 3 is 2.80 bits per heavy atom. The first kappa shape index (κ1) is 19.7. The molecule has 1 aromatic rings. The number of alkyl carbamates (subject to hydrolysis) is 1. The van der Waals surface area contributed by atoms with Gasteiger partial charge in [0.05, 0.1) is 6.42 Å². The van der Waals surface area contributed by atoms with Gasteiger partial charge in [-0.3, -0.25) is 4.79 Å². The smallest absolute Gasteiger partial charge is 0.407 e. The van der Waals surface area contributed by atoms with E-state index in [2.05, 4.69) is 21.2 Å². The monoisotopic (exact) mass is 414 g/mol. The standard InChI is InChI=1S/C18H24BrFN2O3/c1-18(2,3)25-17(24)21-14-5-4-8-22(11-14)16(23)10-12-9-13(19)6-7-15(12)20/h6-7,9,14H,4-5,8,10-11H2,1-3H3,(H,21,24). The van der Waals surface area contributed by atoms with Gasteiger partial charge in [-0.25, -0.2) is 9.18 Å². The average molecular weight is 415 g/mol. The zero-order valence-corrected chi connectivity index (χ0v) is 16.4. The predicted molar refractivity (Wildman–Crippen MR) is 96.8 cm³/mol. The van der Waals surface area contributed by atoms with Crippen LogP contribution < -0.4 is 5.32 Å². The molecule has 25 heavy (non-hydrogen) atoms. The number of halogens is 2. The van der Waals surface area contributed by atoms with E-state index in [0.29, 0.717) is 18.7 Å². The molecule has 138 valence electrons. The number of ether oxygens (including phenoxy) is 1. The van der Waals surface area contributed by atoms with Crippen LogP contribution >= 0.6 is 15.9 Å². The lowest BCUT2D eigenvalue weighted by molar-refractivity contribution is -0.131. The summed E-state index contributed by atoms with van der Waals surface area (Å²) in [6.45, 7) is 6.43. The minimum atomic E-state index is -0.563. The van der Waals surface area contributed by atoms with Gasteiger partial charge in [-0.15, -0.1) is 0 Å². The molecule has 1 N–H and O–H groups in total. The van der Waals surface area contributed by atoms with Gasteiger partial charge in [-0.2, -0.15) is 0 Å². The maximum Gasteiger partial charge on any atom is 0.407 e. The quantitative estimate of drug-likeness (QED) is 0.820. The molecule has 0 radical (unpaired) electrons. The van der Waals surface area contributed by atoms with E-state index in [1.54, 1.807) is 37.8 Å². The van der Waals surface area contributed by atoms with Crippen molar-refractivity contribution >= 4 is 27.9 Å². The Morgan fingerprint density at radius 2 is 2.12 bits per heavy atom. The molecule has 0 saturated carbocycles. The third-order valence-electron chi connectivity index (χ3n) is 3.84. The molecule has 1 atom stereocenters. The van der Waals surface area contributed by atoms with Crippen LogP contribution in [0.4, 0.5) is 9.18 Å². The van der Waals surface area contributed by atoms with Crippen LogP contribution in [-0.2, 0) is 16.0 Å². The predicted octanol–water partition coefficient (Wildman–Crippen LogP) is 3.65. The van der Waals surface area contributed by atoms with Gasteiger partial charge in [0.2, 0.25) is 5.91 Å². The first-order valence-electron chi connectivity index (χ1n) is 8.35. The van der Waals surface area contributed by atoms with Crippen LogP contribution in [0.25, 0.3) is 0 Å². The molecule has 1 saturated heterocycles. The second-order valence-corrected chi connectivity index (χ2v) is 8.15. The minimum Gasteiger partial charge on any atom is -0.444 e. The van der Waals surface area contributed by atoms with Gasteiger partial charge in [-0.1, -0.05) is 15.9 Å². The summed E-state index contributed by atoms with van der Waals surface area (Å²) in [4.78, 5) is 26.0. The summed E-state index contributed by atoms with van der Waals surface area (Å²) in [7, 11) is 0. The number of carbonyl (C=O) groups excluding carboxylic acids is 2. The van der Waals surface area contributed by atoms with Crippen LogP contribution in [0.2, 0.25) is 0 Å². The van der Waals surface area contributed by atoms with E-state index >= 15 is 0 Å². The topological polar surface area (TPSA) is 58.6 Å². The van der Waals surface area contributed by atoms with Crippen molar-refractivity contribution in [3.8, 4) is 0 Å². The lowest BCUT2D eigenvalue weighted by Gasteiger charge is -2.33. The molecule has 2 rings (SSSR count). The number of hydrogen-bond donors (Lipinski definition) is 1. The molecule has 1 aliphatic rings. The summed E-state index contributed by atoms with van der Waals surface area (Å²) in [6.07, 6.45) is 1.09. The minimum absolute atomic E-state index is 0.00440. The first-order valence-corrected chi connectivity index (χ1v) is 9.14. The number of likely N-dealkylation sites (tertiary alicyclic amines) is 1. The third-order valence-corrected chi connectivity index (χ3v) is 4.34. The Bertz CT molecular complexity index is 646. The van der Waals surface area contributed by atoms with E-state index in [0.717, 1.165) is 17.3 Å². The van der Waals surface area contributed by atoms with Crippen molar-refractivity contribution in [2.45, 2.75) is 51.7 Å². The highest BCUT2D eigenvalue weighted by molar-refractivity contribution is 9.10. The summed E-state index contributed by atoms with van der Waals surface area (Å²) in [5.41, 5.74) is -0.200. The second kappa shape index (κ2) is 8.17. The highest BCUT2D eigenvalue weighted by Gasteiger charge is 2.27. The maximum absolute atomic E-state index is 13.8. The molecule has 1 aliphatic heterocycles. The molecule has 1 unspecified atom stereocenters. The van der Waals surface area contributed by atoms with Crippen molar-refractivity contribution in [3.63, 3.8) is 0 Å². The van der Waals surface area contributed by atoms with Crippen molar-refractivity contribution in [2.24, 2.45) is 0 Å². The summed E-state index contributed by atoms with van der Waals surface area (Å²) < 4.78 is 19.8. The van der Waals surface area contributed by atoms with Crippen LogP contribution in [0.5, 0.6) is 0 Å². The molecule has 5 nitrogen and oxygen atoms in total. The SMILES string of the molecule is CC(C)(C)OC(=O)NC1CCCN(C(=O)Cc2cc(Br)ccc2F)C1. The summed E-state index contributed by atoms with van der Waals surface area (Å²) in [6, 6.07) is 4.41. The summed E-state index contributed by atoms with van der Waals surface area (Å²) in [5, 5.41) is 2.81. The maximum atomic E-state index is 13.8. The lowest BCUT2D eigenvalue weighted by Crippen LogP contribution is -2.50. The molecular weight excluding hydrogens is 391 g/mol. The highest BCUT2D eigenvalue weighted by atomic mass is 79.9. The number of nitrogens with zero attached hydrogens (tertiary/aromatic N) is 1. The van der Waals surface area contributed by atoms with Crippen LogP contribution in [0.1, 0.15) is 39.2 Å². The van der Waals surface area contributed by atoms with Crippen molar-refractivity contribution in [1.82, 2.24) is 10.2 Å². The molecule has 2 amide bonds. The zero-order valence-electron chi connectivity index (χ0n) is 14.8. The van der Waals surface area contributed by atoms with Gasteiger partial charge in [0.25, 0.3) is 0 Å². The summed E-state index contributed by atoms with van der Waals surface area (Å²) >= 11 is 3.29. The molecule has 1 aromatic carbocycles. The number of rotatable bonds is 3. The van der Waals surface area contributed by atoms with Gasteiger partial charge < -0.3 is 15.0 Å². The van der Waals surface area contributed by atoms with E-state index in [9.17, 15) is 14.0 Å². The van der Waals surface area contributed by atoms with Crippen molar-refractivity contribution in [1.29, 1.82) is 0 Å². The zero-order chi connectivity index (χ0) is 18.6. The Labute approximate surface area is 156 Å². The van der Waals surface area contributed by atoms with Crippen LogP contribution in [0, 0.1) is 5.82 Å². The Kier molecular flexibility index (Phi) is 6.43. The van der Waals surface area contributed by atoms with E-state index in [-0.39, 0.29) is 18.4 Å². The van der Waals surface area contributed by atoms with E-state index < -0.39 is 17.5 Å². The number of nitrogens with one attached hydrogen (secondary N) is 1. The number of benzene rings is 1. The molecule has 0 aromatic heterocycles. The molecule has 0 spiro atoms. The van der Waals surface area contributed by atoms with Gasteiger partial charge in [0, 0.05) is 23.6 Å². The first-order chi connectivity index (χ1) is 11.6. The second-order valence-electron chi connectivity index (χ2n) is 7.24. The van der Waals surface area contributed by atoms with E-state index in [1.807, 2.05) is 0 Å². The molecule has 0 bridgehead atoms. The Balaban J connectivity index is 1.92.